The van der Waals surface area contributed by atoms with Crippen molar-refractivity contribution in [3.8, 4) is 23.0 Å². The molecule has 7 nitrogen and oxygen atoms in total. The van der Waals surface area contributed by atoms with Gasteiger partial charge in [0.05, 0.1) is 0 Å². The van der Waals surface area contributed by atoms with E-state index in [2.05, 4.69) is 31.1 Å². The van der Waals surface area contributed by atoms with Crippen LogP contribution in [0.4, 0.5) is 10.5 Å². The van der Waals surface area contributed by atoms with Crippen molar-refractivity contribution in [1.29, 1.82) is 0 Å². The van der Waals surface area contributed by atoms with Crippen LogP contribution in [0.1, 0.15) is 58.1 Å². The number of pyridine rings is 1. The van der Waals surface area contributed by atoms with E-state index in [9.17, 15) is 4.79 Å². The van der Waals surface area contributed by atoms with Gasteiger partial charge in [-0.05, 0) is 31.8 Å². The number of fused-ring (bicyclic) bond motifs is 1. The van der Waals surface area contributed by atoms with Crippen LogP contribution in [-0.4, -0.2) is 30.6 Å². The molecule has 1 amide bonds. The van der Waals surface area contributed by atoms with Gasteiger partial charge in [0.25, 0.3) is 0 Å². The molecular weight excluding hydrogens is 619 g/mol. The second-order valence-electron chi connectivity index (χ2n) is 11.4. The zero-order valence-electron chi connectivity index (χ0n) is 24.4. The van der Waals surface area contributed by atoms with Crippen LogP contribution in [0.3, 0.4) is 0 Å². The molecule has 0 saturated carbocycles. The Labute approximate surface area is 244 Å². The molecule has 1 fully saturated rings. The number of amides is 1. The fourth-order valence-electron chi connectivity index (χ4n) is 5.08. The van der Waals surface area contributed by atoms with Crippen LogP contribution in [-0.2, 0) is 4.74 Å². The third-order valence-electron chi connectivity index (χ3n) is 7.69. The number of alkyl halides is 3. The molecule has 2 aromatic carbocycles. The van der Waals surface area contributed by atoms with Gasteiger partial charge in [-0.15, -0.1) is 0 Å². The fraction of sp³-hybridized carbons (Fsp3) is 0.438. The molecule has 1 unspecified atom stereocenters. The number of aromatic nitrogens is 1. The monoisotopic (exact) mass is 658 g/mol. The fourth-order valence-corrected chi connectivity index (χ4v) is 10.3. The molecule has 2 aliphatic rings. The molecule has 0 radical (unpaired) electrons. The Morgan fingerprint density at radius 1 is 1.07 bits per heavy atom. The van der Waals surface area contributed by atoms with E-state index in [1.54, 1.807) is 13.3 Å². The van der Waals surface area contributed by atoms with Crippen molar-refractivity contribution >= 4 is 42.5 Å². The quantitative estimate of drug-likeness (QED) is 0.192. The average Bonchev–Trinajstić information content (AvgIpc) is 3.53. The van der Waals surface area contributed by atoms with E-state index in [4.69, 9.17) is 18.9 Å². The summed E-state index contributed by atoms with van der Waals surface area (Å²) >= 11 is -1.03. The molecule has 1 aliphatic heterocycles. The van der Waals surface area contributed by atoms with Gasteiger partial charge in [0.2, 0.25) is 0 Å². The zero-order valence-corrected chi connectivity index (χ0v) is 26.6. The number of carbonyl (C=O) groups is 1. The van der Waals surface area contributed by atoms with Gasteiger partial charge in [-0.3, -0.25) is 5.32 Å². The summed E-state index contributed by atoms with van der Waals surface area (Å²) in [6.45, 7) is 12.7. The molecule has 1 atom stereocenters. The van der Waals surface area contributed by atoms with Crippen molar-refractivity contribution in [3.63, 3.8) is 0 Å². The van der Waals surface area contributed by atoms with E-state index in [0.29, 0.717) is 26.4 Å². The summed E-state index contributed by atoms with van der Waals surface area (Å²) in [4.78, 5) is 17.3. The van der Waals surface area contributed by atoms with Gasteiger partial charge >= 0.3 is 180 Å². The minimum absolute atomic E-state index is 0.252. The average molecular weight is 659 g/mol. The Balaban J connectivity index is 1.33. The maximum atomic E-state index is 12.7. The first-order valence-corrected chi connectivity index (χ1v) is 17.9. The number of hydrogen-bond donors (Lipinski definition) is 1. The van der Waals surface area contributed by atoms with Crippen molar-refractivity contribution in [1.82, 2.24) is 4.98 Å². The Bertz CT molecular complexity index is 1480. The standard InChI is InChI=1S/C32H39IN2O5/c1-19-9-8-10-20(2)30(19)40-31(36)35-24-13-22(4)27(14-21(24)3)39-26-11-12-34-25-16-29(28(37-7)15-23(25)26)38-18-33-17-32(33,5)6/h11-16,19H,8-10,17-18H2,1-7H3,(H,35,36). The molecule has 40 heavy (non-hydrogen) atoms. The van der Waals surface area contributed by atoms with E-state index in [0.717, 1.165) is 63.0 Å². The van der Waals surface area contributed by atoms with Crippen LogP contribution >= 0.6 is 19.8 Å². The van der Waals surface area contributed by atoms with Crippen LogP contribution in [0.2, 0.25) is 0 Å². The number of halogens is 1. The number of nitrogens with one attached hydrogen (secondary N) is 1. The van der Waals surface area contributed by atoms with Gasteiger partial charge in [-0.2, -0.15) is 0 Å². The summed E-state index contributed by atoms with van der Waals surface area (Å²) < 4.78 is 26.7. The third-order valence-corrected chi connectivity index (χ3v) is 15.2. The molecule has 1 aromatic heterocycles. The number of allylic oxidation sites excluding steroid dienone is 2. The summed E-state index contributed by atoms with van der Waals surface area (Å²) in [7, 11) is 1.65. The molecular formula is C32H39IN2O5. The van der Waals surface area contributed by atoms with Crippen molar-refractivity contribution < 1.29 is 23.7 Å². The number of hydrogen-bond acceptors (Lipinski definition) is 6. The predicted molar refractivity (Wildman–Crippen MR) is 169 cm³/mol. The van der Waals surface area contributed by atoms with Crippen LogP contribution < -0.4 is 19.5 Å². The predicted octanol–water partition coefficient (Wildman–Crippen LogP) is 8.93. The topological polar surface area (TPSA) is 78.9 Å². The molecule has 214 valence electrons. The second kappa shape index (κ2) is 11.5. The first-order valence-electron chi connectivity index (χ1n) is 13.7. The van der Waals surface area contributed by atoms with E-state index in [1.165, 1.54) is 4.43 Å². The van der Waals surface area contributed by atoms with Crippen molar-refractivity contribution in [2.45, 2.75) is 64.2 Å². The van der Waals surface area contributed by atoms with Gasteiger partial charge in [-0.1, -0.05) is 6.92 Å². The molecule has 2 heterocycles. The van der Waals surface area contributed by atoms with E-state index >= 15 is 0 Å². The molecule has 1 N–H and O–H groups in total. The first-order chi connectivity index (χ1) is 19.1. The summed E-state index contributed by atoms with van der Waals surface area (Å²) in [5.41, 5.74) is 4.39. The summed E-state index contributed by atoms with van der Waals surface area (Å²) in [6, 6.07) is 9.57. The van der Waals surface area contributed by atoms with Gasteiger partial charge in [0, 0.05) is 5.92 Å². The number of methoxy groups -OCH3 is 1. The molecule has 8 heteroatoms. The first kappa shape index (κ1) is 28.5. The minimum atomic E-state index is -1.03. The van der Waals surface area contributed by atoms with Crippen LogP contribution in [0.25, 0.3) is 10.9 Å². The number of ether oxygens (including phenoxy) is 4. The maximum absolute atomic E-state index is 12.7. The van der Waals surface area contributed by atoms with E-state index < -0.39 is 25.9 Å². The Morgan fingerprint density at radius 2 is 1.85 bits per heavy atom. The molecule has 5 rings (SSSR count). The van der Waals surface area contributed by atoms with Crippen molar-refractivity contribution in [2.24, 2.45) is 5.92 Å². The van der Waals surface area contributed by atoms with E-state index in [1.807, 2.05) is 51.1 Å². The number of anilines is 1. The summed E-state index contributed by atoms with van der Waals surface area (Å²) in [5.74, 6) is 3.81. The summed E-state index contributed by atoms with van der Waals surface area (Å²) in [6.07, 6.45) is 4.43. The molecule has 0 bridgehead atoms. The number of carbonyl (C=O) groups excluding carboxylic acids is 1. The molecule has 1 saturated heterocycles. The van der Waals surface area contributed by atoms with Crippen LogP contribution in [0.5, 0.6) is 23.0 Å². The van der Waals surface area contributed by atoms with E-state index in [-0.39, 0.29) is 5.92 Å². The van der Waals surface area contributed by atoms with Crippen molar-refractivity contribution in [3.05, 3.63) is 59.0 Å². The summed E-state index contributed by atoms with van der Waals surface area (Å²) in [5, 5.41) is 3.76. The Hall–Kier alpha value is -3.01. The number of rotatable bonds is 8. The van der Waals surface area contributed by atoms with Gasteiger partial charge < -0.3 is 4.74 Å². The zero-order chi connectivity index (χ0) is 28.6. The second-order valence-corrected chi connectivity index (χ2v) is 18.3. The van der Waals surface area contributed by atoms with Gasteiger partial charge in [0.15, 0.2) is 0 Å². The normalized spacial score (nSPS) is 18.9. The Morgan fingerprint density at radius 3 is 2.55 bits per heavy atom. The van der Waals surface area contributed by atoms with Crippen LogP contribution in [0, 0.1) is 19.8 Å². The van der Waals surface area contributed by atoms with Gasteiger partial charge in [-0.25, -0.2) is 4.79 Å². The third kappa shape index (κ3) is 6.16. The number of aryl methyl sites for hydroxylation is 2. The Kier molecular flexibility index (Phi) is 8.17. The molecule has 1 aliphatic carbocycles. The molecule has 0 spiro atoms. The van der Waals surface area contributed by atoms with Crippen LogP contribution in [0.15, 0.2) is 47.9 Å². The number of nitrogens with zero attached hydrogens (tertiary/aromatic N) is 1. The van der Waals surface area contributed by atoms with Crippen molar-refractivity contribution in [2.75, 3.05) is 21.5 Å². The van der Waals surface area contributed by atoms with Gasteiger partial charge in [0.1, 0.15) is 5.76 Å². The number of benzene rings is 2. The SMILES string of the molecule is COc1cc2c(Oc3cc(C)c(NC(=O)OC4=C(C)CCCC4C)cc3C)ccnc2cc1OCI1CC1(C)C. The molecule has 3 aromatic rings.